The Morgan fingerprint density at radius 2 is 2.22 bits per heavy atom. The van der Waals surface area contributed by atoms with Crippen LogP contribution in [0.3, 0.4) is 0 Å². The van der Waals surface area contributed by atoms with Crippen LogP contribution in [0.25, 0.3) is 0 Å². The minimum atomic E-state index is -0.417. The highest BCUT2D eigenvalue weighted by atomic mass is 16.5. The number of carbonyl (C=O) groups excluding carboxylic acids is 1. The maximum Gasteiger partial charge on any atom is 0.248 e. The molecule has 0 radical (unpaired) electrons. The molecule has 3 N–H and O–H groups in total. The number of hydrogen-bond donors (Lipinski definition) is 2. The normalized spacial score (nSPS) is 22.8. The molecule has 1 aromatic rings. The summed E-state index contributed by atoms with van der Waals surface area (Å²) < 4.78 is 5.31. The van der Waals surface area contributed by atoms with E-state index in [0.29, 0.717) is 17.5 Å². The summed E-state index contributed by atoms with van der Waals surface area (Å²) in [6.07, 6.45) is 3.65. The van der Waals surface area contributed by atoms with Gasteiger partial charge in [0.15, 0.2) is 0 Å². The standard InChI is InChI=1S/C14H20N2O2/c1-9-4-3-5-11(9)16-12-8-10(14(15)17)6-7-13(12)18-2/h6-9,11,16H,3-5H2,1-2H3,(H2,15,17). The van der Waals surface area contributed by atoms with E-state index in [1.54, 1.807) is 25.3 Å². The molecule has 2 atom stereocenters. The molecule has 0 heterocycles. The summed E-state index contributed by atoms with van der Waals surface area (Å²) in [5.41, 5.74) is 6.66. The first-order valence-corrected chi connectivity index (χ1v) is 6.36. The Hall–Kier alpha value is -1.71. The third kappa shape index (κ3) is 2.58. The van der Waals surface area contributed by atoms with Gasteiger partial charge in [-0.3, -0.25) is 4.79 Å². The highest BCUT2D eigenvalue weighted by Gasteiger charge is 2.24. The fourth-order valence-electron chi connectivity index (χ4n) is 2.53. The minimum Gasteiger partial charge on any atom is -0.495 e. The molecule has 1 saturated carbocycles. The van der Waals surface area contributed by atoms with Gasteiger partial charge in [-0.25, -0.2) is 0 Å². The zero-order chi connectivity index (χ0) is 13.1. The second-order valence-corrected chi connectivity index (χ2v) is 4.94. The lowest BCUT2D eigenvalue weighted by Crippen LogP contribution is -2.22. The van der Waals surface area contributed by atoms with Gasteiger partial charge in [0.25, 0.3) is 0 Å². The number of nitrogens with two attached hydrogens (primary N) is 1. The van der Waals surface area contributed by atoms with E-state index in [2.05, 4.69) is 12.2 Å². The molecular weight excluding hydrogens is 228 g/mol. The summed E-state index contributed by atoms with van der Waals surface area (Å²) in [5.74, 6) is 0.978. The molecule has 1 aliphatic carbocycles. The van der Waals surface area contributed by atoms with Crippen molar-refractivity contribution in [2.45, 2.75) is 32.2 Å². The average Bonchev–Trinajstić information content (AvgIpc) is 2.75. The second-order valence-electron chi connectivity index (χ2n) is 4.94. The summed E-state index contributed by atoms with van der Waals surface area (Å²) in [6, 6.07) is 5.68. The van der Waals surface area contributed by atoms with Crippen LogP contribution in [0.4, 0.5) is 5.69 Å². The van der Waals surface area contributed by atoms with Crippen molar-refractivity contribution in [3.8, 4) is 5.75 Å². The molecule has 0 spiro atoms. The van der Waals surface area contributed by atoms with Crippen LogP contribution in [0.2, 0.25) is 0 Å². The topological polar surface area (TPSA) is 64.3 Å². The SMILES string of the molecule is COc1ccc(C(N)=O)cc1NC1CCCC1C. The number of rotatable bonds is 4. The van der Waals surface area contributed by atoms with Crippen LogP contribution < -0.4 is 15.8 Å². The van der Waals surface area contributed by atoms with Gasteiger partial charge < -0.3 is 15.8 Å². The Kier molecular flexibility index (Phi) is 3.75. The lowest BCUT2D eigenvalue weighted by Gasteiger charge is -2.20. The van der Waals surface area contributed by atoms with Crippen molar-refractivity contribution in [3.05, 3.63) is 23.8 Å². The van der Waals surface area contributed by atoms with Crippen LogP contribution in [0.15, 0.2) is 18.2 Å². The molecule has 0 aromatic heterocycles. The van der Waals surface area contributed by atoms with Crippen LogP contribution in [-0.2, 0) is 0 Å². The van der Waals surface area contributed by atoms with E-state index in [1.165, 1.54) is 12.8 Å². The molecule has 1 aliphatic rings. The molecule has 0 aliphatic heterocycles. The van der Waals surface area contributed by atoms with E-state index in [0.717, 1.165) is 17.9 Å². The maximum absolute atomic E-state index is 11.2. The molecule has 2 rings (SSSR count). The molecule has 1 fully saturated rings. The Morgan fingerprint density at radius 1 is 1.44 bits per heavy atom. The molecule has 1 amide bonds. The van der Waals surface area contributed by atoms with Gasteiger partial charge in [-0.15, -0.1) is 0 Å². The molecule has 4 heteroatoms. The number of ether oxygens (including phenoxy) is 1. The summed E-state index contributed by atoms with van der Waals surface area (Å²) in [4.78, 5) is 11.2. The van der Waals surface area contributed by atoms with E-state index in [4.69, 9.17) is 10.5 Å². The predicted molar refractivity (Wildman–Crippen MR) is 71.9 cm³/mol. The molecule has 2 unspecified atom stereocenters. The number of anilines is 1. The first-order valence-electron chi connectivity index (χ1n) is 6.36. The van der Waals surface area contributed by atoms with E-state index >= 15 is 0 Å². The number of primary amides is 1. The van der Waals surface area contributed by atoms with Gasteiger partial charge in [0.2, 0.25) is 5.91 Å². The average molecular weight is 248 g/mol. The molecule has 18 heavy (non-hydrogen) atoms. The first kappa shape index (κ1) is 12.7. The Morgan fingerprint density at radius 3 is 2.78 bits per heavy atom. The van der Waals surface area contributed by atoms with Gasteiger partial charge in [0, 0.05) is 11.6 Å². The van der Waals surface area contributed by atoms with Crippen LogP contribution in [0.5, 0.6) is 5.75 Å². The highest BCUT2D eigenvalue weighted by Crippen LogP contribution is 2.32. The number of nitrogens with one attached hydrogen (secondary N) is 1. The molecule has 0 saturated heterocycles. The lowest BCUT2D eigenvalue weighted by molar-refractivity contribution is 0.100. The first-order chi connectivity index (χ1) is 8.61. The summed E-state index contributed by atoms with van der Waals surface area (Å²) in [5, 5.41) is 3.47. The smallest absolute Gasteiger partial charge is 0.248 e. The van der Waals surface area contributed by atoms with Gasteiger partial charge in [-0.2, -0.15) is 0 Å². The highest BCUT2D eigenvalue weighted by molar-refractivity contribution is 5.94. The number of amides is 1. The van der Waals surface area contributed by atoms with Gasteiger partial charge >= 0.3 is 0 Å². The monoisotopic (exact) mass is 248 g/mol. The summed E-state index contributed by atoms with van der Waals surface area (Å²) >= 11 is 0. The number of carbonyl (C=O) groups is 1. The van der Waals surface area contributed by atoms with Crippen LogP contribution in [0.1, 0.15) is 36.5 Å². The molecule has 0 bridgehead atoms. The summed E-state index contributed by atoms with van der Waals surface area (Å²) in [6.45, 7) is 2.25. The second kappa shape index (κ2) is 5.29. The Balaban J connectivity index is 2.23. The largest absolute Gasteiger partial charge is 0.495 e. The van der Waals surface area contributed by atoms with E-state index in [9.17, 15) is 4.79 Å². The van der Waals surface area contributed by atoms with Crippen LogP contribution >= 0.6 is 0 Å². The fraction of sp³-hybridized carbons (Fsp3) is 0.500. The van der Waals surface area contributed by atoms with E-state index in [-0.39, 0.29) is 0 Å². The van der Waals surface area contributed by atoms with Crippen LogP contribution in [-0.4, -0.2) is 19.1 Å². The zero-order valence-electron chi connectivity index (χ0n) is 10.9. The Bertz CT molecular complexity index is 445. The van der Waals surface area contributed by atoms with Crippen molar-refractivity contribution in [2.24, 2.45) is 11.7 Å². The van der Waals surface area contributed by atoms with Gasteiger partial charge in [0.05, 0.1) is 12.8 Å². The quantitative estimate of drug-likeness (QED) is 0.860. The van der Waals surface area contributed by atoms with Crippen LogP contribution in [0, 0.1) is 5.92 Å². The Labute approximate surface area is 108 Å². The van der Waals surface area contributed by atoms with Crippen molar-refractivity contribution < 1.29 is 9.53 Å². The third-order valence-corrected chi connectivity index (χ3v) is 3.69. The van der Waals surface area contributed by atoms with Crippen molar-refractivity contribution in [1.29, 1.82) is 0 Å². The van der Waals surface area contributed by atoms with Gasteiger partial charge in [-0.05, 0) is 37.0 Å². The van der Waals surface area contributed by atoms with Gasteiger partial charge in [0.1, 0.15) is 5.75 Å². The van der Waals surface area contributed by atoms with Crippen molar-refractivity contribution in [1.82, 2.24) is 0 Å². The molecular formula is C14H20N2O2. The van der Waals surface area contributed by atoms with E-state index < -0.39 is 5.91 Å². The van der Waals surface area contributed by atoms with Crippen molar-refractivity contribution in [3.63, 3.8) is 0 Å². The maximum atomic E-state index is 11.2. The minimum absolute atomic E-state index is 0.417. The number of hydrogen-bond acceptors (Lipinski definition) is 3. The van der Waals surface area contributed by atoms with E-state index in [1.807, 2.05) is 0 Å². The van der Waals surface area contributed by atoms with Gasteiger partial charge in [-0.1, -0.05) is 13.3 Å². The number of methoxy groups -OCH3 is 1. The van der Waals surface area contributed by atoms with Crippen molar-refractivity contribution in [2.75, 3.05) is 12.4 Å². The zero-order valence-corrected chi connectivity index (χ0v) is 10.9. The lowest BCUT2D eigenvalue weighted by atomic mass is 10.1. The molecule has 1 aromatic carbocycles. The third-order valence-electron chi connectivity index (χ3n) is 3.69. The van der Waals surface area contributed by atoms with Crippen molar-refractivity contribution >= 4 is 11.6 Å². The number of benzene rings is 1. The fourth-order valence-corrected chi connectivity index (χ4v) is 2.53. The predicted octanol–water partition coefficient (Wildman–Crippen LogP) is 2.39. The molecule has 98 valence electrons. The molecule has 4 nitrogen and oxygen atoms in total. The summed E-state index contributed by atoms with van der Waals surface area (Å²) in [7, 11) is 1.63.